The van der Waals surface area contributed by atoms with Crippen molar-refractivity contribution in [1.29, 1.82) is 0 Å². The van der Waals surface area contributed by atoms with E-state index in [1.54, 1.807) is 31.1 Å². The van der Waals surface area contributed by atoms with Gasteiger partial charge in [-0.15, -0.1) is 0 Å². The van der Waals surface area contributed by atoms with Crippen molar-refractivity contribution in [3.8, 4) is 0 Å². The second kappa shape index (κ2) is 5.16. The van der Waals surface area contributed by atoms with Crippen LogP contribution in [-0.4, -0.2) is 16.6 Å². The van der Waals surface area contributed by atoms with Gasteiger partial charge in [0.05, 0.1) is 6.04 Å². The van der Waals surface area contributed by atoms with Gasteiger partial charge in [0.15, 0.2) is 0 Å². The van der Waals surface area contributed by atoms with E-state index in [2.05, 4.69) is 26.2 Å². The van der Waals surface area contributed by atoms with E-state index in [1.807, 2.05) is 0 Å². The average molecular weight is 316 g/mol. The summed E-state index contributed by atoms with van der Waals surface area (Å²) < 4.78 is 29.9. The number of hydrogen-bond donors (Lipinski definition) is 1. The first-order chi connectivity index (χ1) is 8.54. The Morgan fingerprint density at radius 1 is 1.33 bits per heavy atom. The van der Waals surface area contributed by atoms with E-state index in [4.69, 9.17) is 0 Å². The van der Waals surface area contributed by atoms with Crippen LogP contribution in [0.3, 0.4) is 0 Å². The van der Waals surface area contributed by atoms with Crippen molar-refractivity contribution in [3.05, 3.63) is 52.0 Å². The molecule has 96 valence electrons. The first-order valence-electron chi connectivity index (χ1n) is 5.33. The van der Waals surface area contributed by atoms with E-state index in [0.717, 1.165) is 0 Å². The van der Waals surface area contributed by atoms with Gasteiger partial charge in [0, 0.05) is 29.5 Å². The molecule has 0 radical (unpaired) electrons. The van der Waals surface area contributed by atoms with Crippen LogP contribution in [0.5, 0.6) is 0 Å². The molecule has 0 aliphatic rings. The standard InChI is InChI=1S/C12H12BrF2N3/c1-16-11(12-17-3-4-18(12)2)10-8(14)5-7(13)6-9(10)15/h3-6,11,16H,1-2H3. The summed E-state index contributed by atoms with van der Waals surface area (Å²) >= 11 is 3.06. The van der Waals surface area contributed by atoms with Gasteiger partial charge in [-0.2, -0.15) is 0 Å². The monoisotopic (exact) mass is 315 g/mol. The number of nitrogens with one attached hydrogen (secondary N) is 1. The predicted octanol–water partition coefficient (Wildman–Crippen LogP) is 2.77. The molecular weight excluding hydrogens is 304 g/mol. The van der Waals surface area contributed by atoms with Crippen LogP contribution < -0.4 is 5.32 Å². The maximum atomic E-state index is 13.9. The number of imidazole rings is 1. The van der Waals surface area contributed by atoms with E-state index >= 15 is 0 Å². The van der Waals surface area contributed by atoms with Crippen LogP contribution in [0.2, 0.25) is 0 Å². The fraction of sp³-hybridized carbons (Fsp3) is 0.250. The van der Waals surface area contributed by atoms with Gasteiger partial charge in [0.1, 0.15) is 17.5 Å². The predicted molar refractivity (Wildman–Crippen MR) is 68.2 cm³/mol. The highest BCUT2D eigenvalue weighted by Crippen LogP contribution is 2.28. The van der Waals surface area contributed by atoms with Gasteiger partial charge in [-0.25, -0.2) is 13.8 Å². The van der Waals surface area contributed by atoms with Gasteiger partial charge in [0.2, 0.25) is 0 Å². The fourth-order valence-corrected chi connectivity index (χ4v) is 2.29. The van der Waals surface area contributed by atoms with Crippen LogP contribution >= 0.6 is 15.9 Å². The number of aryl methyl sites for hydroxylation is 1. The quantitative estimate of drug-likeness (QED) is 0.944. The summed E-state index contributed by atoms with van der Waals surface area (Å²) in [4.78, 5) is 4.12. The topological polar surface area (TPSA) is 29.9 Å². The van der Waals surface area contributed by atoms with Crippen LogP contribution in [0.1, 0.15) is 17.4 Å². The Bertz CT molecular complexity index is 545. The minimum Gasteiger partial charge on any atom is -0.336 e. The van der Waals surface area contributed by atoms with Gasteiger partial charge < -0.3 is 9.88 Å². The lowest BCUT2D eigenvalue weighted by Crippen LogP contribution is -2.23. The molecule has 1 unspecified atom stereocenters. The smallest absolute Gasteiger partial charge is 0.132 e. The van der Waals surface area contributed by atoms with Crippen LogP contribution in [-0.2, 0) is 7.05 Å². The lowest BCUT2D eigenvalue weighted by Gasteiger charge is -2.18. The lowest BCUT2D eigenvalue weighted by molar-refractivity contribution is 0.505. The molecular formula is C12H12BrF2N3. The lowest BCUT2D eigenvalue weighted by atomic mass is 10.0. The summed E-state index contributed by atoms with van der Waals surface area (Å²) in [6.45, 7) is 0. The maximum absolute atomic E-state index is 13.9. The van der Waals surface area contributed by atoms with Crippen molar-refractivity contribution < 1.29 is 8.78 Å². The highest BCUT2D eigenvalue weighted by Gasteiger charge is 2.24. The molecule has 2 aromatic rings. The molecule has 1 N–H and O–H groups in total. The van der Waals surface area contributed by atoms with E-state index < -0.39 is 17.7 Å². The zero-order valence-electron chi connectivity index (χ0n) is 9.92. The zero-order chi connectivity index (χ0) is 13.3. The summed E-state index contributed by atoms with van der Waals surface area (Å²) in [5, 5.41) is 2.88. The van der Waals surface area contributed by atoms with Crippen molar-refractivity contribution in [1.82, 2.24) is 14.9 Å². The van der Waals surface area contributed by atoms with Crippen molar-refractivity contribution >= 4 is 15.9 Å². The van der Waals surface area contributed by atoms with E-state index in [0.29, 0.717) is 10.3 Å². The Kier molecular flexibility index (Phi) is 3.77. The van der Waals surface area contributed by atoms with Crippen molar-refractivity contribution in [3.63, 3.8) is 0 Å². The van der Waals surface area contributed by atoms with Crippen LogP contribution in [0.15, 0.2) is 29.0 Å². The van der Waals surface area contributed by atoms with Gasteiger partial charge in [0.25, 0.3) is 0 Å². The second-order valence-electron chi connectivity index (χ2n) is 3.90. The summed E-state index contributed by atoms with van der Waals surface area (Å²) in [5.74, 6) is -0.661. The Balaban J connectivity index is 2.56. The molecule has 0 aliphatic heterocycles. The third kappa shape index (κ3) is 2.30. The van der Waals surface area contributed by atoms with Gasteiger partial charge in [-0.05, 0) is 19.2 Å². The Morgan fingerprint density at radius 2 is 1.94 bits per heavy atom. The first-order valence-corrected chi connectivity index (χ1v) is 6.12. The summed E-state index contributed by atoms with van der Waals surface area (Å²) in [7, 11) is 3.42. The molecule has 2 rings (SSSR count). The number of halogens is 3. The molecule has 1 aromatic carbocycles. The van der Waals surface area contributed by atoms with Gasteiger partial charge >= 0.3 is 0 Å². The largest absolute Gasteiger partial charge is 0.336 e. The summed E-state index contributed by atoms with van der Waals surface area (Å²) in [5.41, 5.74) is -0.0324. The number of benzene rings is 1. The summed E-state index contributed by atoms with van der Waals surface area (Å²) in [6.07, 6.45) is 3.32. The van der Waals surface area contributed by atoms with Crippen molar-refractivity contribution in [2.45, 2.75) is 6.04 Å². The molecule has 0 fully saturated rings. The SMILES string of the molecule is CNC(c1c(F)cc(Br)cc1F)c1nccn1C. The van der Waals surface area contributed by atoms with Crippen molar-refractivity contribution in [2.24, 2.45) is 7.05 Å². The highest BCUT2D eigenvalue weighted by atomic mass is 79.9. The fourth-order valence-electron chi connectivity index (χ4n) is 1.89. The van der Waals surface area contributed by atoms with Gasteiger partial charge in [-0.1, -0.05) is 15.9 Å². The Morgan fingerprint density at radius 3 is 2.39 bits per heavy atom. The number of hydrogen-bond acceptors (Lipinski definition) is 2. The average Bonchev–Trinajstić information content (AvgIpc) is 2.69. The van der Waals surface area contributed by atoms with Crippen LogP contribution in [0.25, 0.3) is 0 Å². The molecule has 3 nitrogen and oxygen atoms in total. The van der Waals surface area contributed by atoms with Crippen LogP contribution in [0, 0.1) is 11.6 Å². The van der Waals surface area contributed by atoms with Gasteiger partial charge in [-0.3, -0.25) is 0 Å². The van der Waals surface area contributed by atoms with Crippen molar-refractivity contribution in [2.75, 3.05) is 7.05 Å². The molecule has 0 bridgehead atoms. The maximum Gasteiger partial charge on any atom is 0.132 e. The molecule has 0 aliphatic carbocycles. The summed E-state index contributed by atoms with van der Waals surface area (Å²) in [6, 6.07) is 1.86. The molecule has 0 spiro atoms. The van der Waals surface area contributed by atoms with E-state index in [-0.39, 0.29) is 5.56 Å². The third-order valence-corrected chi connectivity index (χ3v) is 3.20. The first kappa shape index (κ1) is 13.2. The zero-order valence-corrected chi connectivity index (χ0v) is 11.5. The third-order valence-electron chi connectivity index (χ3n) is 2.74. The molecule has 18 heavy (non-hydrogen) atoms. The molecule has 1 aromatic heterocycles. The molecule has 1 atom stereocenters. The Labute approximate surface area is 112 Å². The minimum atomic E-state index is -0.627. The number of nitrogens with zero attached hydrogens (tertiary/aromatic N) is 2. The van der Waals surface area contributed by atoms with Crippen LogP contribution in [0.4, 0.5) is 8.78 Å². The highest BCUT2D eigenvalue weighted by molar-refractivity contribution is 9.10. The number of rotatable bonds is 3. The number of aromatic nitrogens is 2. The van der Waals surface area contributed by atoms with E-state index in [9.17, 15) is 8.78 Å². The molecule has 6 heteroatoms. The molecule has 0 saturated heterocycles. The Hall–Kier alpha value is -1.27. The van der Waals surface area contributed by atoms with E-state index in [1.165, 1.54) is 12.1 Å². The molecule has 1 heterocycles. The minimum absolute atomic E-state index is 0.0324. The normalized spacial score (nSPS) is 12.7. The molecule has 0 amide bonds. The molecule has 0 saturated carbocycles. The second-order valence-corrected chi connectivity index (χ2v) is 4.82.